The highest BCUT2D eigenvalue weighted by Crippen LogP contribution is 2.25. The molecule has 1 aromatic heterocycles. The summed E-state index contributed by atoms with van der Waals surface area (Å²) in [5, 5.41) is 0. The van der Waals surface area contributed by atoms with Crippen LogP contribution in [0.15, 0.2) is 23.1 Å². The molecule has 0 unspecified atom stereocenters. The fraction of sp³-hybridized carbons (Fsp3) is 0.545. The van der Waals surface area contributed by atoms with Crippen molar-refractivity contribution >= 4 is 5.69 Å². The van der Waals surface area contributed by atoms with Gasteiger partial charge in [0.2, 0.25) is 0 Å². The molecular weight excluding hydrogens is 176 g/mol. The Morgan fingerprint density at radius 2 is 2.07 bits per heavy atom. The molecule has 0 aromatic carbocycles. The molecule has 1 saturated carbocycles. The van der Waals surface area contributed by atoms with Crippen LogP contribution in [0.2, 0.25) is 0 Å². The molecule has 1 heterocycles. The molecule has 0 amide bonds. The highest BCUT2D eigenvalue weighted by molar-refractivity contribution is 5.33. The standard InChI is InChI=1S/C11H16N2O/c12-10-5-6-11(14)13(8-10)7-9-3-1-2-4-9/h5-6,8-9H,1-4,7,12H2. The minimum absolute atomic E-state index is 0.0612. The smallest absolute Gasteiger partial charge is 0.250 e. The molecule has 1 aromatic rings. The van der Waals surface area contributed by atoms with Gasteiger partial charge in [0.25, 0.3) is 5.56 Å². The molecule has 0 saturated heterocycles. The Morgan fingerprint density at radius 3 is 2.79 bits per heavy atom. The maximum absolute atomic E-state index is 11.5. The van der Waals surface area contributed by atoms with Crippen LogP contribution in [0, 0.1) is 5.92 Å². The Labute approximate surface area is 83.5 Å². The summed E-state index contributed by atoms with van der Waals surface area (Å²) in [6.07, 6.45) is 6.87. The summed E-state index contributed by atoms with van der Waals surface area (Å²) < 4.78 is 1.74. The van der Waals surface area contributed by atoms with Gasteiger partial charge in [0.1, 0.15) is 0 Å². The number of rotatable bonds is 2. The van der Waals surface area contributed by atoms with Crippen LogP contribution < -0.4 is 11.3 Å². The van der Waals surface area contributed by atoms with E-state index in [0.717, 1.165) is 6.54 Å². The monoisotopic (exact) mass is 192 g/mol. The highest BCUT2D eigenvalue weighted by atomic mass is 16.1. The first-order valence-electron chi connectivity index (χ1n) is 5.21. The summed E-state index contributed by atoms with van der Waals surface area (Å²) in [4.78, 5) is 11.5. The fourth-order valence-electron chi connectivity index (χ4n) is 2.16. The minimum atomic E-state index is 0.0612. The largest absolute Gasteiger partial charge is 0.398 e. The molecule has 0 atom stereocenters. The van der Waals surface area contributed by atoms with E-state index in [4.69, 9.17) is 5.73 Å². The van der Waals surface area contributed by atoms with Crippen LogP contribution in [0.5, 0.6) is 0 Å². The van der Waals surface area contributed by atoms with Crippen molar-refractivity contribution in [3.05, 3.63) is 28.7 Å². The van der Waals surface area contributed by atoms with E-state index >= 15 is 0 Å². The number of aromatic nitrogens is 1. The predicted molar refractivity (Wildman–Crippen MR) is 57.1 cm³/mol. The van der Waals surface area contributed by atoms with Gasteiger partial charge < -0.3 is 10.3 Å². The number of nitrogen functional groups attached to an aromatic ring is 1. The second-order valence-corrected chi connectivity index (χ2v) is 4.10. The third kappa shape index (κ3) is 1.97. The molecule has 14 heavy (non-hydrogen) atoms. The lowest BCUT2D eigenvalue weighted by Crippen LogP contribution is -2.22. The molecule has 2 N–H and O–H groups in total. The van der Waals surface area contributed by atoms with Crippen LogP contribution in [0.25, 0.3) is 0 Å². The lowest BCUT2D eigenvalue weighted by atomic mass is 10.1. The van der Waals surface area contributed by atoms with E-state index in [1.807, 2.05) is 0 Å². The predicted octanol–water partition coefficient (Wildman–Crippen LogP) is 1.62. The van der Waals surface area contributed by atoms with Crippen molar-refractivity contribution < 1.29 is 0 Å². The molecule has 3 nitrogen and oxygen atoms in total. The van der Waals surface area contributed by atoms with Crippen LogP contribution in [0.4, 0.5) is 5.69 Å². The lowest BCUT2D eigenvalue weighted by molar-refractivity contribution is 0.449. The summed E-state index contributed by atoms with van der Waals surface area (Å²) in [5.74, 6) is 0.675. The Balaban J connectivity index is 2.15. The summed E-state index contributed by atoms with van der Waals surface area (Å²) in [6, 6.07) is 3.21. The summed E-state index contributed by atoms with van der Waals surface area (Å²) in [7, 11) is 0. The van der Waals surface area contributed by atoms with E-state index in [2.05, 4.69) is 0 Å². The minimum Gasteiger partial charge on any atom is -0.398 e. The van der Waals surface area contributed by atoms with Gasteiger partial charge in [0.15, 0.2) is 0 Å². The van der Waals surface area contributed by atoms with Gasteiger partial charge in [-0.05, 0) is 24.8 Å². The average molecular weight is 192 g/mol. The van der Waals surface area contributed by atoms with Gasteiger partial charge in [-0.25, -0.2) is 0 Å². The molecular formula is C11H16N2O. The number of hydrogen-bond acceptors (Lipinski definition) is 2. The molecule has 0 spiro atoms. The third-order valence-corrected chi connectivity index (χ3v) is 2.94. The second kappa shape index (κ2) is 3.86. The lowest BCUT2D eigenvalue weighted by Gasteiger charge is -2.11. The molecule has 1 aliphatic carbocycles. The SMILES string of the molecule is Nc1ccc(=O)n(CC2CCCC2)c1. The quantitative estimate of drug-likeness (QED) is 0.774. The van der Waals surface area contributed by atoms with E-state index in [9.17, 15) is 4.79 Å². The Hall–Kier alpha value is -1.25. The van der Waals surface area contributed by atoms with Crippen molar-refractivity contribution in [3.8, 4) is 0 Å². The van der Waals surface area contributed by atoms with Gasteiger partial charge in [-0.3, -0.25) is 4.79 Å². The maximum Gasteiger partial charge on any atom is 0.250 e. The van der Waals surface area contributed by atoms with E-state index in [1.165, 1.54) is 25.7 Å². The summed E-state index contributed by atoms with van der Waals surface area (Å²) >= 11 is 0. The molecule has 76 valence electrons. The van der Waals surface area contributed by atoms with Crippen LogP contribution in [0.1, 0.15) is 25.7 Å². The maximum atomic E-state index is 11.5. The van der Waals surface area contributed by atoms with Gasteiger partial charge in [0.05, 0.1) is 0 Å². The van der Waals surface area contributed by atoms with Gasteiger partial charge in [-0.1, -0.05) is 12.8 Å². The molecule has 3 heteroatoms. The van der Waals surface area contributed by atoms with Crippen LogP contribution in [-0.4, -0.2) is 4.57 Å². The Morgan fingerprint density at radius 1 is 1.36 bits per heavy atom. The zero-order chi connectivity index (χ0) is 9.97. The number of anilines is 1. The van der Waals surface area contributed by atoms with Gasteiger partial charge in [0, 0.05) is 24.5 Å². The van der Waals surface area contributed by atoms with Crippen molar-refractivity contribution in [2.24, 2.45) is 5.92 Å². The molecule has 0 radical (unpaired) electrons. The van der Waals surface area contributed by atoms with Gasteiger partial charge >= 0.3 is 0 Å². The third-order valence-electron chi connectivity index (χ3n) is 2.94. The Kier molecular flexibility index (Phi) is 2.57. The molecule has 1 fully saturated rings. The van der Waals surface area contributed by atoms with Crippen LogP contribution in [0.3, 0.4) is 0 Å². The molecule has 1 aliphatic rings. The molecule has 2 rings (SSSR count). The number of nitrogens with zero attached hydrogens (tertiary/aromatic N) is 1. The van der Waals surface area contributed by atoms with E-state index in [-0.39, 0.29) is 5.56 Å². The van der Waals surface area contributed by atoms with E-state index in [1.54, 1.807) is 22.9 Å². The highest BCUT2D eigenvalue weighted by Gasteiger charge is 2.15. The number of nitrogens with two attached hydrogens (primary N) is 1. The Bertz CT molecular complexity index is 364. The first-order chi connectivity index (χ1) is 6.75. The molecule has 0 bridgehead atoms. The van der Waals surface area contributed by atoms with Gasteiger partial charge in [-0.2, -0.15) is 0 Å². The summed E-state index contributed by atoms with van der Waals surface area (Å²) in [6.45, 7) is 0.837. The topological polar surface area (TPSA) is 48.0 Å². The van der Waals surface area contributed by atoms with Crippen LogP contribution >= 0.6 is 0 Å². The van der Waals surface area contributed by atoms with Crippen molar-refractivity contribution in [1.82, 2.24) is 4.57 Å². The molecule has 0 aliphatic heterocycles. The van der Waals surface area contributed by atoms with Crippen molar-refractivity contribution in [2.45, 2.75) is 32.2 Å². The van der Waals surface area contributed by atoms with Crippen molar-refractivity contribution in [3.63, 3.8) is 0 Å². The number of pyridine rings is 1. The van der Waals surface area contributed by atoms with Crippen molar-refractivity contribution in [1.29, 1.82) is 0 Å². The zero-order valence-electron chi connectivity index (χ0n) is 8.28. The van der Waals surface area contributed by atoms with E-state index < -0.39 is 0 Å². The normalized spacial score (nSPS) is 17.4. The number of hydrogen-bond donors (Lipinski definition) is 1. The first-order valence-corrected chi connectivity index (χ1v) is 5.21. The van der Waals surface area contributed by atoms with E-state index in [0.29, 0.717) is 11.6 Å². The first kappa shape index (κ1) is 9.31. The van der Waals surface area contributed by atoms with Crippen molar-refractivity contribution in [2.75, 3.05) is 5.73 Å². The van der Waals surface area contributed by atoms with Gasteiger partial charge in [-0.15, -0.1) is 0 Å². The average Bonchev–Trinajstić information content (AvgIpc) is 2.64. The second-order valence-electron chi connectivity index (χ2n) is 4.10. The zero-order valence-corrected chi connectivity index (χ0v) is 8.28. The summed E-state index contributed by atoms with van der Waals surface area (Å²) in [5.41, 5.74) is 6.37. The fourth-order valence-corrected chi connectivity index (χ4v) is 2.16. The van der Waals surface area contributed by atoms with Crippen LogP contribution in [-0.2, 0) is 6.54 Å².